The summed E-state index contributed by atoms with van der Waals surface area (Å²) in [7, 11) is 0. The van der Waals surface area contributed by atoms with E-state index in [1.807, 2.05) is 0 Å². The molecule has 14 heavy (non-hydrogen) atoms. The topological polar surface area (TPSA) is 20.2 Å². The van der Waals surface area contributed by atoms with Crippen molar-refractivity contribution >= 4 is 0 Å². The predicted molar refractivity (Wildman–Crippen MR) is 42.2 cm³/mol. The Morgan fingerprint density at radius 1 is 1.29 bits per heavy atom. The number of hydrogen-bond donors (Lipinski definition) is 1. The second-order valence-electron chi connectivity index (χ2n) is 2.89. The van der Waals surface area contributed by atoms with Gasteiger partial charge in [-0.25, -0.2) is 4.39 Å². The first-order chi connectivity index (χ1) is 6.39. The largest absolute Gasteiger partial charge is 0.414 e. The van der Waals surface area contributed by atoms with Gasteiger partial charge in [-0.2, -0.15) is 13.2 Å². The molecule has 0 bridgehead atoms. The molecule has 1 aromatic carbocycles. The first-order valence-electron chi connectivity index (χ1n) is 3.89. The van der Waals surface area contributed by atoms with E-state index in [-0.39, 0.29) is 5.56 Å². The zero-order valence-electron chi connectivity index (χ0n) is 7.05. The summed E-state index contributed by atoms with van der Waals surface area (Å²) < 4.78 is 48.2. The molecule has 0 aromatic heterocycles. The molecular formula is C9H8F4O. The molecule has 0 fully saturated rings. The Hall–Kier alpha value is -1.10. The lowest BCUT2D eigenvalue weighted by Gasteiger charge is -2.14. The molecule has 1 unspecified atom stereocenters. The molecule has 0 radical (unpaired) electrons. The average molecular weight is 208 g/mol. The molecule has 1 N–H and O–H groups in total. The Morgan fingerprint density at radius 2 is 1.93 bits per heavy atom. The SMILES string of the molecule is OC(Cc1cccc(F)c1)C(F)(F)F. The van der Waals surface area contributed by atoms with Crippen LogP contribution in [0, 0.1) is 5.82 Å². The fourth-order valence-corrected chi connectivity index (χ4v) is 1.00. The summed E-state index contributed by atoms with van der Waals surface area (Å²) in [6.45, 7) is 0. The van der Waals surface area contributed by atoms with E-state index in [1.165, 1.54) is 12.1 Å². The van der Waals surface area contributed by atoms with Gasteiger partial charge >= 0.3 is 6.18 Å². The van der Waals surface area contributed by atoms with Gasteiger partial charge in [-0.15, -0.1) is 0 Å². The Bertz CT molecular complexity index is 308. The van der Waals surface area contributed by atoms with Gasteiger partial charge in [0.15, 0.2) is 6.10 Å². The van der Waals surface area contributed by atoms with Crippen molar-refractivity contribution in [2.45, 2.75) is 18.7 Å². The van der Waals surface area contributed by atoms with Crippen LogP contribution < -0.4 is 0 Å². The number of halogens is 4. The molecule has 1 rings (SSSR count). The van der Waals surface area contributed by atoms with Crippen molar-refractivity contribution in [3.05, 3.63) is 35.6 Å². The lowest BCUT2D eigenvalue weighted by Crippen LogP contribution is -2.30. The molecule has 1 aromatic rings. The monoisotopic (exact) mass is 208 g/mol. The molecule has 0 amide bonds. The van der Waals surface area contributed by atoms with Gasteiger partial charge < -0.3 is 5.11 Å². The van der Waals surface area contributed by atoms with E-state index in [2.05, 4.69) is 0 Å². The summed E-state index contributed by atoms with van der Waals surface area (Å²) >= 11 is 0. The van der Waals surface area contributed by atoms with Crippen molar-refractivity contribution in [2.75, 3.05) is 0 Å². The van der Waals surface area contributed by atoms with Gasteiger partial charge in [0.1, 0.15) is 5.82 Å². The van der Waals surface area contributed by atoms with E-state index < -0.39 is 24.5 Å². The van der Waals surface area contributed by atoms with E-state index in [9.17, 15) is 17.6 Å². The Kier molecular flexibility index (Phi) is 3.10. The highest BCUT2D eigenvalue weighted by Gasteiger charge is 2.37. The minimum absolute atomic E-state index is 0.120. The highest BCUT2D eigenvalue weighted by Crippen LogP contribution is 2.23. The molecule has 5 heteroatoms. The molecule has 0 heterocycles. The number of benzene rings is 1. The van der Waals surface area contributed by atoms with Crippen LogP contribution in [0.15, 0.2) is 24.3 Å². The number of aliphatic hydroxyl groups is 1. The smallest absolute Gasteiger partial charge is 0.383 e. The summed E-state index contributed by atoms with van der Waals surface area (Å²) in [6, 6.07) is 4.73. The first kappa shape index (κ1) is 11.0. The molecule has 0 saturated carbocycles. The maximum Gasteiger partial charge on any atom is 0.414 e. The van der Waals surface area contributed by atoms with Crippen molar-refractivity contribution in [1.29, 1.82) is 0 Å². The average Bonchev–Trinajstić information content (AvgIpc) is 2.02. The third kappa shape index (κ3) is 2.99. The molecular weight excluding hydrogens is 200 g/mol. The first-order valence-corrected chi connectivity index (χ1v) is 3.89. The lowest BCUT2D eigenvalue weighted by atomic mass is 10.1. The van der Waals surface area contributed by atoms with E-state index >= 15 is 0 Å². The minimum Gasteiger partial charge on any atom is -0.383 e. The van der Waals surface area contributed by atoms with E-state index in [0.717, 1.165) is 12.1 Å². The van der Waals surface area contributed by atoms with Crippen molar-refractivity contribution < 1.29 is 22.7 Å². The van der Waals surface area contributed by atoms with Crippen LogP contribution >= 0.6 is 0 Å². The van der Waals surface area contributed by atoms with Gasteiger partial charge in [0.2, 0.25) is 0 Å². The second kappa shape index (κ2) is 3.96. The van der Waals surface area contributed by atoms with Gasteiger partial charge in [0.05, 0.1) is 0 Å². The fourth-order valence-electron chi connectivity index (χ4n) is 1.00. The van der Waals surface area contributed by atoms with Gasteiger partial charge in [0, 0.05) is 6.42 Å². The van der Waals surface area contributed by atoms with Crippen LogP contribution in [0.2, 0.25) is 0 Å². The highest BCUT2D eigenvalue weighted by molar-refractivity contribution is 5.17. The molecule has 1 nitrogen and oxygen atoms in total. The molecule has 0 spiro atoms. The molecule has 0 aliphatic carbocycles. The molecule has 0 saturated heterocycles. The predicted octanol–water partition coefficient (Wildman–Crippen LogP) is 2.29. The van der Waals surface area contributed by atoms with E-state index in [0.29, 0.717) is 0 Å². The second-order valence-corrected chi connectivity index (χ2v) is 2.89. The van der Waals surface area contributed by atoms with E-state index in [4.69, 9.17) is 5.11 Å². The standard InChI is InChI=1S/C9H8F4O/c10-7-3-1-2-6(4-7)5-8(14)9(11,12)13/h1-4,8,14H,5H2. The molecule has 78 valence electrons. The quantitative estimate of drug-likeness (QED) is 0.739. The third-order valence-electron chi connectivity index (χ3n) is 1.70. The van der Waals surface area contributed by atoms with Gasteiger partial charge in [-0.1, -0.05) is 12.1 Å². The minimum atomic E-state index is -4.66. The van der Waals surface area contributed by atoms with Gasteiger partial charge in [-0.05, 0) is 17.7 Å². The lowest BCUT2D eigenvalue weighted by molar-refractivity contribution is -0.203. The van der Waals surface area contributed by atoms with Crippen molar-refractivity contribution in [1.82, 2.24) is 0 Å². The van der Waals surface area contributed by atoms with Crippen LogP contribution in [0.25, 0.3) is 0 Å². The van der Waals surface area contributed by atoms with Gasteiger partial charge in [-0.3, -0.25) is 0 Å². The normalized spacial score (nSPS) is 14.1. The summed E-state index contributed by atoms with van der Waals surface area (Å²) in [5.41, 5.74) is 0.120. The van der Waals surface area contributed by atoms with Crippen LogP contribution in [-0.2, 0) is 6.42 Å². The zero-order valence-corrected chi connectivity index (χ0v) is 7.05. The third-order valence-corrected chi connectivity index (χ3v) is 1.70. The fraction of sp³-hybridized carbons (Fsp3) is 0.333. The van der Waals surface area contributed by atoms with Crippen LogP contribution in [0.4, 0.5) is 17.6 Å². The zero-order chi connectivity index (χ0) is 10.8. The summed E-state index contributed by atoms with van der Waals surface area (Å²) in [4.78, 5) is 0. The Labute approximate surface area is 78.0 Å². The Morgan fingerprint density at radius 3 is 2.43 bits per heavy atom. The van der Waals surface area contributed by atoms with Crippen LogP contribution in [0.1, 0.15) is 5.56 Å². The van der Waals surface area contributed by atoms with Crippen molar-refractivity contribution in [3.63, 3.8) is 0 Å². The molecule has 1 atom stereocenters. The molecule has 0 aliphatic rings. The summed E-state index contributed by atoms with van der Waals surface area (Å²) in [6.07, 6.45) is -7.72. The summed E-state index contributed by atoms with van der Waals surface area (Å²) in [5, 5.41) is 8.68. The van der Waals surface area contributed by atoms with Crippen LogP contribution in [-0.4, -0.2) is 17.4 Å². The Balaban J connectivity index is 2.70. The van der Waals surface area contributed by atoms with Crippen molar-refractivity contribution in [2.24, 2.45) is 0 Å². The molecule has 0 aliphatic heterocycles. The van der Waals surface area contributed by atoms with Crippen molar-refractivity contribution in [3.8, 4) is 0 Å². The maximum absolute atomic E-state index is 12.6. The number of alkyl halides is 3. The maximum atomic E-state index is 12.6. The van der Waals surface area contributed by atoms with Crippen LogP contribution in [0.3, 0.4) is 0 Å². The van der Waals surface area contributed by atoms with E-state index in [1.54, 1.807) is 0 Å². The number of rotatable bonds is 2. The number of aliphatic hydroxyl groups excluding tert-OH is 1. The number of hydrogen-bond acceptors (Lipinski definition) is 1. The highest BCUT2D eigenvalue weighted by atomic mass is 19.4. The van der Waals surface area contributed by atoms with Gasteiger partial charge in [0.25, 0.3) is 0 Å². The summed E-state index contributed by atoms with van der Waals surface area (Å²) in [5.74, 6) is -0.614. The van der Waals surface area contributed by atoms with Crippen LogP contribution in [0.5, 0.6) is 0 Å².